The summed E-state index contributed by atoms with van der Waals surface area (Å²) in [5.41, 5.74) is 2.47. The normalized spacial score (nSPS) is 18.5. The van der Waals surface area contributed by atoms with Crippen molar-refractivity contribution in [1.82, 2.24) is 29.6 Å². The number of piperidine rings is 2. The highest BCUT2D eigenvalue weighted by Gasteiger charge is 2.34. The molecule has 62 heavy (non-hydrogen) atoms. The molecule has 6 heterocycles. The minimum atomic E-state index is -4.42. The highest BCUT2D eigenvalue weighted by atomic mass is 32.1. The van der Waals surface area contributed by atoms with Crippen molar-refractivity contribution in [2.24, 2.45) is 0 Å². The van der Waals surface area contributed by atoms with Crippen molar-refractivity contribution in [3.05, 3.63) is 104 Å². The second-order valence-electron chi connectivity index (χ2n) is 16.8. The van der Waals surface area contributed by atoms with Crippen molar-refractivity contribution in [1.29, 1.82) is 0 Å². The molecule has 4 aliphatic rings. The molecule has 4 fully saturated rings. The van der Waals surface area contributed by atoms with Crippen molar-refractivity contribution >= 4 is 36.3 Å². The van der Waals surface area contributed by atoms with Gasteiger partial charge in [0.2, 0.25) is 0 Å². The lowest BCUT2D eigenvalue weighted by atomic mass is 10.0. The van der Waals surface area contributed by atoms with E-state index in [1.165, 1.54) is 37.8 Å². The summed E-state index contributed by atoms with van der Waals surface area (Å²) in [6, 6.07) is 14.7. The first-order valence-electron chi connectivity index (χ1n) is 21.4. The van der Waals surface area contributed by atoms with Crippen LogP contribution in [0.1, 0.15) is 94.6 Å². The maximum absolute atomic E-state index is 13.1. The van der Waals surface area contributed by atoms with Crippen molar-refractivity contribution < 1.29 is 35.9 Å². The average Bonchev–Trinajstić information content (AvgIpc) is 4.01. The molecule has 0 bridgehead atoms. The molecule has 0 spiro atoms. The Morgan fingerprint density at radius 1 is 0.548 bits per heavy atom. The molecule has 0 aliphatic carbocycles. The van der Waals surface area contributed by atoms with E-state index in [0.717, 1.165) is 76.1 Å². The Kier molecular flexibility index (Phi) is 14.1. The van der Waals surface area contributed by atoms with E-state index in [2.05, 4.69) is 19.8 Å². The highest BCUT2D eigenvalue weighted by Crippen LogP contribution is 2.35. The second-order valence-corrected chi connectivity index (χ2v) is 17.6. The smallest absolute Gasteiger partial charge is 0.341 e. The van der Waals surface area contributed by atoms with E-state index in [-0.39, 0.29) is 21.1 Å². The number of alkyl halides is 6. The number of benzene rings is 2. The Labute approximate surface area is 368 Å². The fraction of sp³-hybridized carbons (Fsp3) is 0.478. The number of carbonyl (C=O) groups excluding carboxylic acids is 2. The molecule has 4 aromatic rings. The molecule has 4 saturated heterocycles. The van der Waals surface area contributed by atoms with E-state index >= 15 is 0 Å². The third kappa shape index (κ3) is 10.5. The molecule has 0 unspecified atom stereocenters. The number of rotatable bonds is 6. The molecule has 16 heteroatoms. The molecule has 0 radical (unpaired) electrons. The van der Waals surface area contributed by atoms with Crippen LogP contribution < -0.4 is 0 Å². The first-order chi connectivity index (χ1) is 29.5. The molecule has 2 N–H and O–H groups in total. The maximum Gasteiger partial charge on any atom is 0.416 e. The monoisotopic (exact) mass is 898 g/mol. The van der Waals surface area contributed by atoms with Gasteiger partial charge in [0.05, 0.1) is 11.1 Å². The molecule has 8 rings (SSSR count). The van der Waals surface area contributed by atoms with E-state index in [0.29, 0.717) is 83.0 Å². The van der Waals surface area contributed by atoms with E-state index in [4.69, 9.17) is 24.4 Å². The van der Waals surface area contributed by atoms with E-state index in [1.54, 1.807) is 38.1 Å². The number of hydrogen-bond donors (Lipinski definition) is 2. The van der Waals surface area contributed by atoms with Crippen molar-refractivity contribution in [3.8, 4) is 22.3 Å². The van der Waals surface area contributed by atoms with Gasteiger partial charge in [-0.05, 0) is 150 Å². The van der Waals surface area contributed by atoms with Crippen molar-refractivity contribution in [2.75, 3.05) is 52.4 Å². The van der Waals surface area contributed by atoms with Gasteiger partial charge in [-0.3, -0.25) is 9.59 Å². The molecule has 4 aliphatic heterocycles. The van der Waals surface area contributed by atoms with Crippen LogP contribution in [0.25, 0.3) is 22.3 Å². The van der Waals surface area contributed by atoms with Gasteiger partial charge >= 0.3 is 12.4 Å². The molecular formula is C46H52F6N6O2S2. The number of halogens is 6. The lowest BCUT2D eigenvalue weighted by Gasteiger charge is -2.36. The Morgan fingerprint density at radius 2 is 0.887 bits per heavy atom. The zero-order chi connectivity index (χ0) is 44.3. The van der Waals surface area contributed by atoms with Gasteiger partial charge in [0.1, 0.15) is 20.7 Å². The molecular weight excluding hydrogens is 847 g/mol. The number of nitrogens with zero attached hydrogens (tertiary/aromatic N) is 4. The van der Waals surface area contributed by atoms with Crippen molar-refractivity contribution in [2.45, 2.75) is 89.7 Å². The molecule has 332 valence electrons. The number of aromatic nitrogens is 2. The fourth-order valence-electron chi connectivity index (χ4n) is 9.26. The van der Waals surface area contributed by atoms with Gasteiger partial charge in [-0.15, -0.1) is 0 Å². The number of likely N-dealkylation sites (tertiary alicyclic amines) is 4. The number of hydrogen-bond acceptors (Lipinski definition) is 6. The lowest BCUT2D eigenvalue weighted by molar-refractivity contribution is -0.138. The summed E-state index contributed by atoms with van der Waals surface area (Å²) in [4.78, 5) is 41.0. The van der Waals surface area contributed by atoms with Crippen LogP contribution in [0, 0.1) is 23.1 Å². The van der Waals surface area contributed by atoms with E-state index in [9.17, 15) is 35.9 Å². The number of H-pyrrole nitrogens is 2. The van der Waals surface area contributed by atoms with Gasteiger partial charge in [-0.2, -0.15) is 26.3 Å². The zero-order valence-corrected chi connectivity index (χ0v) is 36.6. The van der Waals surface area contributed by atoms with Gasteiger partial charge in [-0.1, -0.05) is 48.7 Å². The van der Waals surface area contributed by atoms with Crippen LogP contribution in [0.2, 0.25) is 0 Å². The van der Waals surface area contributed by atoms with E-state index in [1.807, 2.05) is 9.80 Å². The van der Waals surface area contributed by atoms with Crippen LogP contribution in [-0.2, 0) is 12.4 Å². The maximum atomic E-state index is 13.1. The number of pyridine rings is 2. The Hall–Kier alpha value is -4.38. The summed E-state index contributed by atoms with van der Waals surface area (Å²) in [6.07, 6.45) is 0.0465. The minimum absolute atomic E-state index is 0.0981. The Balaban J connectivity index is 0.000000186. The number of amides is 2. The van der Waals surface area contributed by atoms with Gasteiger partial charge in [0.25, 0.3) is 11.8 Å². The Morgan fingerprint density at radius 3 is 1.21 bits per heavy atom. The Bertz CT molecular complexity index is 2200. The van der Waals surface area contributed by atoms with Crippen LogP contribution >= 0.6 is 24.4 Å². The fourth-order valence-corrected chi connectivity index (χ4v) is 9.82. The molecule has 2 aromatic carbocycles. The SMILES string of the molecule is Cc1cc(-c2cccc(C(F)(F)F)c2)c(=S)[nH]c1C(=O)N1CCC(N2CCCC2)CC1.Cc1cc(-c2cccc(C(F)(F)F)c2)c(=S)[nH]c1C(=O)N1CCC(N2CCCC2)CC1. The third-order valence-electron chi connectivity index (χ3n) is 12.7. The molecule has 8 nitrogen and oxygen atoms in total. The van der Waals surface area contributed by atoms with E-state index < -0.39 is 23.5 Å². The number of aryl methyl sites for hydroxylation is 2. The topological polar surface area (TPSA) is 78.7 Å². The summed E-state index contributed by atoms with van der Waals surface area (Å²) in [5, 5.41) is 0. The van der Waals surface area contributed by atoms with Crippen LogP contribution in [0.3, 0.4) is 0 Å². The lowest BCUT2D eigenvalue weighted by Crippen LogP contribution is -2.46. The summed E-state index contributed by atoms with van der Waals surface area (Å²) in [7, 11) is 0. The zero-order valence-electron chi connectivity index (χ0n) is 34.9. The number of nitrogens with one attached hydrogen (secondary N) is 2. The second kappa shape index (κ2) is 19.2. The summed E-state index contributed by atoms with van der Waals surface area (Å²) < 4.78 is 79.0. The predicted molar refractivity (Wildman–Crippen MR) is 233 cm³/mol. The summed E-state index contributed by atoms with van der Waals surface area (Å²) >= 11 is 10.8. The quantitative estimate of drug-likeness (QED) is 0.148. The van der Waals surface area contributed by atoms with Gasteiger partial charge < -0.3 is 29.6 Å². The molecule has 2 amide bonds. The summed E-state index contributed by atoms with van der Waals surface area (Å²) in [6.45, 7) is 11.0. The van der Waals surface area contributed by atoms with Crippen LogP contribution in [0.15, 0.2) is 60.7 Å². The molecule has 0 atom stereocenters. The standard InChI is InChI=1S/2C23H26F3N3OS/c2*1-15-13-19(16-5-4-6-17(14-16)23(24,25)26)21(31)27-20(15)22(30)29-11-7-18(8-12-29)28-9-2-3-10-28/h2*4-6,13-14,18H,2-3,7-12H2,1H3,(H,27,31). The van der Waals surface area contributed by atoms with Crippen LogP contribution in [0.4, 0.5) is 26.3 Å². The third-order valence-corrected chi connectivity index (χ3v) is 13.4. The van der Waals surface area contributed by atoms with Crippen LogP contribution in [0.5, 0.6) is 0 Å². The average molecular weight is 899 g/mol. The predicted octanol–water partition coefficient (Wildman–Crippen LogP) is 10.9. The minimum Gasteiger partial charge on any atom is -0.341 e. The summed E-state index contributed by atoms with van der Waals surface area (Å²) in [5.74, 6) is -0.196. The highest BCUT2D eigenvalue weighted by molar-refractivity contribution is 7.71. The van der Waals surface area contributed by atoms with Gasteiger partial charge in [-0.25, -0.2) is 0 Å². The van der Waals surface area contributed by atoms with Gasteiger partial charge in [0.15, 0.2) is 0 Å². The number of aromatic amines is 2. The first-order valence-corrected chi connectivity index (χ1v) is 22.2. The van der Waals surface area contributed by atoms with Crippen LogP contribution in [-0.4, -0.2) is 106 Å². The molecule has 2 aromatic heterocycles. The number of carbonyl (C=O) groups is 2. The first kappa shape index (κ1) is 45.6. The largest absolute Gasteiger partial charge is 0.416 e. The van der Waals surface area contributed by atoms with Gasteiger partial charge in [0, 0.05) is 49.4 Å². The van der Waals surface area contributed by atoms with Crippen molar-refractivity contribution in [3.63, 3.8) is 0 Å². The molecule has 0 saturated carbocycles.